The Morgan fingerprint density at radius 3 is 2.38 bits per heavy atom. The van der Waals surface area contributed by atoms with Gasteiger partial charge in [0, 0.05) is 32.1 Å². The predicted molar refractivity (Wildman–Crippen MR) is 155 cm³/mol. The van der Waals surface area contributed by atoms with Crippen molar-refractivity contribution in [2.45, 2.75) is 77.4 Å². The smallest absolute Gasteiger partial charge is 0.465 e. The summed E-state index contributed by atoms with van der Waals surface area (Å²) in [7, 11) is -1.41. The SMILES string of the molecule is C=CC[C@H](NC(=O)OC(C)(C)C)c1nc(-c2ccc(NC(=O)O)cc2NC(=O)C(F)(F)F)cn1COCC[Si](C)(C)C. The molecule has 42 heavy (non-hydrogen) atoms. The molecule has 2 aromatic rings. The van der Waals surface area contributed by atoms with Gasteiger partial charge in [-0.1, -0.05) is 25.7 Å². The first-order valence-electron chi connectivity index (χ1n) is 13.1. The normalized spacial score (nSPS) is 12.8. The largest absolute Gasteiger partial charge is 0.471 e. The second kappa shape index (κ2) is 13.9. The molecular weight excluding hydrogens is 575 g/mol. The van der Waals surface area contributed by atoms with Gasteiger partial charge >= 0.3 is 24.3 Å². The summed E-state index contributed by atoms with van der Waals surface area (Å²) in [6.07, 6.45) is -4.06. The number of amides is 3. The summed E-state index contributed by atoms with van der Waals surface area (Å²) in [5.74, 6) is -1.95. The lowest BCUT2D eigenvalue weighted by Crippen LogP contribution is -2.36. The quantitative estimate of drug-likeness (QED) is 0.120. The number of alkyl carbamates (subject to hydrolysis) is 1. The maximum Gasteiger partial charge on any atom is 0.471 e. The van der Waals surface area contributed by atoms with Crippen LogP contribution in [0.2, 0.25) is 25.7 Å². The van der Waals surface area contributed by atoms with Crippen molar-refractivity contribution in [2.75, 3.05) is 17.2 Å². The minimum atomic E-state index is -5.20. The second-order valence-electron chi connectivity index (χ2n) is 11.7. The summed E-state index contributed by atoms with van der Waals surface area (Å²) < 4.78 is 52.2. The minimum Gasteiger partial charge on any atom is -0.465 e. The van der Waals surface area contributed by atoms with Crippen molar-refractivity contribution in [3.8, 4) is 11.3 Å². The summed E-state index contributed by atoms with van der Waals surface area (Å²) in [5, 5.41) is 15.6. The molecule has 1 heterocycles. The number of alkyl halides is 3. The van der Waals surface area contributed by atoms with Crippen LogP contribution in [0.4, 0.5) is 34.1 Å². The maximum absolute atomic E-state index is 13.1. The Balaban J connectivity index is 2.59. The van der Waals surface area contributed by atoms with E-state index in [1.54, 1.807) is 36.7 Å². The lowest BCUT2D eigenvalue weighted by Gasteiger charge is -2.23. The van der Waals surface area contributed by atoms with E-state index in [0.717, 1.165) is 12.1 Å². The number of aromatic nitrogens is 2. The van der Waals surface area contributed by atoms with Gasteiger partial charge in [-0.15, -0.1) is 6.58 Å². The number of ether oxygens (including phenoxy) is 2. The Morgan fingerprint density at radius 1 is 1.17 bits per heavy atom. The number of halogens is 3. The van der Waals surface area contributed by atoms with Crippen LogP contribution in [-0.4, -0.2) is 59.2 Å². The van der Waals surface area contributed by atoms with Gasteiger partial charge in [-0.05, 0) is 51.4 Å². The standard InChI is InChI=1S/C27H38F3N5O6Si/c1-8-9-19(34-25(39)41-26(2,3)4)22-32-21(15-35(22)16-40-12-13-42(5,6)7)18-11-10-17(31-24(37)38)14-20(18)33-23(36)27(28,29)30/h8,10-11,14-15,19,31H,1,9,12-13,16H2,2-7H3,(H,33,36)(H,34,39)(H,37,38)/t19-/m0/s1. The van der Waals surface area contributed by atoms with Crippen LogP contribution in [0.1, 0.15) is 39.1 Å². The number of hydrogen-bond acceptors (Lipinski definition) is 6. The Kier molecular flexibility index (Phi) is 11.3. The Labute approximate surface area is 243 Å². The zero-order valence-corrected chi connectivity index (χ0v) is 25.5. The zero-order chi connectivity index (χ0) is 31.9. The molecular formula is C27H38F3N5O6Si. The van der Waals surface area contributed by atoms with Crippen LogP contribution in [-0.2, 0) is 21.0 Å². The molecule has 4 N–H and O–H groups in total. The lowest BCUT2D eigenvalue weighted by atomic mass is 10.1. The van der Waals surface area contributed by atoms with Crippen molar-refractivity contribution in [3.63, 3.8) is 0 Å². The fraction of sp³-hybridized carbons (Fsp3) is 0.481. The van der Waals surface area contributed by atoms with E-state index in [4.69, 9.17) is 14.6 Å². The van der Waals surface area contributed by atoms with Crippen LogP contribution >= 0.6 is 0 Å². The molecule has 1 aromatic heterocycles. The number of benzene rings is 1. The van der Waals surface area contributed by atoms with Gasteiger partial charge in [0.2, 0.25) is 0 Å². The van der Waals surface area contributed by atoms with E-state index in [-0.39, 0.29) is 35.8 Å². The average Bonchev–Trinajstić information content (AvgIpc) is 3.22. The first-order valence-corrected chi connectivity index (χ1v) is 16.8. The van der Waals surface area contributed by atoms with Gasteiger partial charge in [0.15, 0.2) is 0 Å². The highest BCUT2D eigenvalue weighted by Gasteiger charge is 2.39. The molecule has 15 heteroatoms. The number of nitrogens with zero attached hydrogens (tertiary/aromatic N) is 2. The maximum atomic E-state index is 13.1. The molecule has 0 aliphatic rings. The van der Waals surface area contributed by atoms with Crippen LogP contribution < -0.4 is 16.0 Å². The van der Waals surface area contributed by atoms with Gasteiger partial charge in [-0.25, -0.2) is 14.6 Å². The number of nitrogens with one attached hydrogen (secondary N) is 3. The van der Waals surface area contributed by atoms with Crippen LogP contribution in [0, 0.1) is 0 Å². The summed E-state index contributed by atoms with van der Waals surface area (Å²) in [6, 6.07) is 3.81. The molecule has 1 atom stereocenters. The molecule has 0 saturated heterocycles. The molecule has 0 spiro atoms. The van der Waals surface area contributed by atoms with Gasteiger partial charge < -0.3 is 29.8 Å². The molecule has 11 nitrogen and oxygen atoms in total. The second-order valence-corrected chi connectivity index (χ2v) is 17.3. The third-order valence-corrected chi connectivity index (χ3v) is 7.20. The first kappa shape index (κ1) is 34.3. The zero-order valence-electron chi connectivity index (χ0n) is 24.5. The van der Waals surface area contributed by atoms with Crippen molar-refractivity contribution in [1.29, 1.82) is 0 Å². The number of hydrogen-bond donors (Lipinski definition) is 4. The molecule has 0 saturated carbocycles. The molecule has 1 aromatic carbocycles. The van der Waals surface area contributed by atoms with E-state index in [1.807, 2.05) is 5.32 Å². The first-order chi connectivity index (χ1) is 19.3. The number of anilines is 2. The van der Waals surface area contributed by atoms with E-state index in [9.17, 15) is 27.6 Å². The van der Waals surface area contributed by atoms with Crippen LogP contribution in [0.3, 0.4) is 0 Å². The van der Waals surface area contributed by atoms with Gasteiger partial charge in [0.05, 0.1) is 17.4 Å². The highest BCUT2D eigenvalue weighted by Crippen LogP contribution is 2.33. The average molecular weight is 614 g/mol. The summed E-state index contributed by atoms with van der Waals surface area (Å²) in [5.41, 5.74) is -0.979. The molecule has 0 radical (unpaired) electrons. The van der Waals surface area contributed by atoms with Gasteiger partial charge in [0.1, 0.15) is 18.2 Å². The van der Waals surface area contributed by atoms with Crippen LogP contribution in [0.5, 0.6) is 0 Å². The fourth-order valence-electron chi connectivity index (χ4n) is 3.59. The summed E-state index contributed by atoms with van der Waals surface area (Å²) in [6.45, 7) is 15.9. The van der Waals surface area contributed by atoms with Crippen molar-refractivity contribution in [3.05, 3.63) is 42.9 Å². The van der Waals surface area contributed by atoms with E-state index in [0.29, 0.717) is 12.4 Å². The van der Waals surface area contributed by atoms with Crippen molar-refractivity contribution in [2.24, 2.45) is 0 Å². The molecule has 0 aliphatic heterocycles. The van der Waals surface area contributed by atoms with Crippen molar-refractivity contribution < 1.29 is 42.1 Å². The molecule has 232 valence electrons. The van der Waals surface area contributed by atoms with E-state index in [2.05, 4.69) is 36.5 Å². The number of rotatable bonds is 12. The van der Waals surface area contributed by atoms with Gasteiger partial charge in [-0.2, -0.15) is 13.2 Å². The van der Waals surface area contributed by atoms with E-state index < -0.39 is 44.0 Å². The molecule has 0 unspecified atom stereocenters. The summed E-state index contributed by atoms with van der Waals surface area (Å²) in [4.78, 5) is 40.2. The molecule has 0 bridgehead atoms. The number of carbonyl (C=O) groups is 3. The van der Waals surface area contributed by atoms with Gasteiger partial charge in [-0.3, -0.25) is 10.1 Å². The lowest BCUT2D eigenvalue weighted by molar-refractivity contribution is -0.167. The molecule has 0 fully saturated rings. The number of carbonyl (C=O) groups excluding carboxylic acids is 2. The summed E-state index contributed by atoms with van der Waals surface area (Å²) >= 11 is 0. The predicted octanol–water partition coefficient (Wildman–Crippen LogP) is 6.60. The number of imidazole rings is 1. The van der Waals surface area contributed by atoms with Crippen molar-refractivity contribution >= 4 is 37.5 Å². The molecule has 3 amide bonds. The van der Waals surface area contributed by atoms with Gasteiger partial charge in [0.25, 0.3) is 0 Å². The van der Waals surface area contributed by atoms with E-state index >= 15 is 0 Å². The minimum absolute atomic E-state index is 0.0132. The molecule has 2 rings (SSSR count). The third-order valence-electron chi connectivity index (χ3n) is 5.49. The Bertz CT molecular complexity index is 1280. The Morgan fingerprint density at radius 2 is 1.83 bits per heavy atom. The topological polar surface area (TPSA) is 144 Å². The number of carboxylic acid groups (broad SMARTS) is 1. The third kappa shape index (κ3) is 11.2. The monoisotopic (exact) mass is 613 g/mol. The fourth-order valence-corrected chi connectivity index (χ4v) is 4.35. The highest BCUT2D eigenvalue weighted by atomic mass is 28.3. The Hall–Kier alpha value is -3.85. The highest BCUT2D eigenvalue weighted by molar-refractivity contribution is 6.76. The van der Waals surface area contributed by atoms with Crippen molar-refractivity contribution in [1.82, 2.24) is 14.9 Å². The van der Waals surface area contributed by atoms with E-state index in [1.165, 1.54) is 18.3 Å². The molecule has 0 aliphatic carbocycles. The van der Waals surface area contributed by atoms with Crippen LogP contribution in [0.15, 0.2) is 37.1 Å². The van der Waals surface area contributed by atoms with Crippen LogP contribution in [0.25, 0.3) is 11.3 Å².